The first-order valence-electron chi connectivity index (χ1n) is 11.7. The number of fused-ring (bicyclic) bond motifs is 1. The molecule has 172 valence electrons. The van der Waals surface area contributed by atoms with Crippen LogP contribution in [0.4, 0.5) is 10.2 Å². The number of carbonyl (C=O) groups excluding carboxylic acids is 1. The van der Waals surface area contributed by atoms with E-state index in [1.807, 2.05) is 24.8 Å². The van der Waals surface area contributed by atoms with Gasteiger partial charge in [-0.3, -0.25) is 9.89 Å². The number of hydrogen-bond donors (Lipinski definition) is 1. The fourth-order valence-corrected chi connectivity index (χ4v) is 5.03. The molecule has 8 heteroatoms. The first kappa shape index (κ1) is 21.6. The minimum absolute atomic E-state index is 0.0264. The quantitative estimate of drug-likeness (QED) is 0.645. The molecule has 3 aromatic rings. The van der Waals surface area contributed by atoms with Crippen LogP contribution >= 0.6 is 0 Å². The second-order valence-corrected chi connectivity index (χ2v) is 9.04. The number of aromatic nitrogens is 4. The maximum Gasteiger partial charge on any atom is 0.257 e. The number of carbonyl (C=O) groups is 1. The average molecular weight is 449 g/mol. The van der Waals surface area contributed by atoms with Crippen LogP contribution in [-0.2, 0) is 13.0 Å². The van der Waals surface area contributed by atoms with Crippen LogP contribution in [0, 0.1) is 19.7 Å². The molecule has 1 amide bonds. The van der Waals surface area contributed by atoms with Gasteiger partial charge in [-0.2, -0.15) is 5.10 Å². The van der Waals surface area contributed by atoms with Gasteiger partial charge in [0.25, 0.3) is 5.91 Å². The molecule has 1 N–H and O–H groups in total. The van der Waals surface area contributed by atoms with Gasteiger partial charge in [0.1, 0.15) is 11.6 Å². The lowest BCUT2D eigenvalue weighted by atomic mass is 9.98. The number of benzene rings is 1. The molecule has 5 rings (SSSR count). The Kier molecular flexibility index (Phi) is 5.83. The number of amides is 1. The highest BCUT2D eigenvalue weighted by Gasteiger charge is 2.33. The molecule has 0 aliphatic carbocycles. The molecule has 1 atom stereocenters. The number of H-pyrrole nitrogens is 1. The molecule has 2 aliphatic rings. The summed E-state index contributed by atoms with van der Waals surface area (Å²) in [6, 6.07) is 6.57. The summed E-state index contributed by atoms with van der Waals surface area (Å²) in [7, 11) is 0. The summed E-state index contributed by atoms with van der Waals surface area (Å²) >= 11 is 0. The van der Waals surface area contributed by atoms with Gasteiger partial charge in [-0.25, -0.2) is 14.4 Å². The van der Waals surface area contributed by atoms with Crippen LogP contribution in [0.15, 0.2) is 30.5 Å². The van der Waals surface area contributed by atoms with E-state index in [4.69, 9.17) is 9.97 Å². The van der Waals surface area contributed by atoms with Crippen LogP contribution in [0.5, 0.6) is 0 Å². The van der Waals surface area contributed by atoms with Gasteiger partial charge in [0.05, 0.1) is 17.8 Å². The Morgan fingerprint density at radius 1 is 1.18 bits per heavy atom. The van der Waals surface area contributed by atoms with E-state index in [-0.39, 0.29) is 17.8 Å². The molecule has 2 aromatic heterocycles. The normalized spacial score (nSPS) is 18.3. The van der Waals surface area contributed by atoms with E-state index in [9.17, 15) is 9.18 Å². The molecule has 0 spiro atoms. The maximum absolute atomic E-state index is 13.8. The van der Waals surface area contributed by atoms with Crippen molar-refractivity contribution >= 4 is 11.7 Å². The topological polar surface area (TPSA) is 78.0 Å². The van der Waals surface area contributed by atoms with Crippen molar-refractivity contribution in [1.82, 2.24) is 25.1 Å². The van der Waals surface area contributed by atoms with Gasteiger partial charge in [-0.1, -0.05) is 12.1 Å². The zero-order valence-electron chi connectivity index (χ0n) is 19.1. The molecule has 1 saturated heterocycles. The summed E-state index contributed by atoms with van der Waals surface area (Å²) in [5, 5.41) is 6.89. The van der Waals surface area contributed by atoms with Crippen molar-refractivity contribution in [2.45, 2.75) is 58.5 Å². The fourth-order valence-electron chi connectivity index (χ4n) is 5.03. The number of anilines is 1. The van der Waals surface area contributed by atoms with Gasteiger partial charge in [-0.05, 0) is 63.6 Å². The van der Waals surface area contributed by atoms with Crippen molar-refractivity contribution in [3.05, 3.63) is 70.2 Å². The summed E-state index contributed by atoms with van der Waals surface area (Å²) in [4.78, 5) is 27.4. The smallest absolute Gasteiger partial charge is 0.257 e. The van der Waals surface area contributed by atoms with Gasteiger partial charge in [-0.15, -0.1) is 0 Å². The molecule has 4 heterocycles. The van der Waals surface area contributed by atoms with Crippen LogP contribution in [0.3, 0.4) is 0 Å². The van der Waals surface area contributed by atoms with Gasteiger partial charge in [0.2, 0.25) is 0 Å². The number of halogens is 1. The predicted octanol–water partition coefficient (Wildman–Crippen LogP) is 4.28. The van der Waals surface area contributed by atoms with Crippen molar-refractivity contribution in [3.63, 3.8) is 0 Å². The summed E-state index contributed by atoms with van der Waals surface area (Å²) in [5.41, 5.74) is 4.42. The van der Waals surface area contributed by atoms with Crippen molar-refractivity contribution < 1.29 is 9.18 Å². The van der Waals surface area contributed by atoms with Crippen LogP contribution in [0.1, 0.15) is 70.4 Å². The number of aryl methyl sites for hydroxylation is 2. The van der Waals surface area contributed by atoms with Crippen molar-refractivity contribution in [3.8, 4) is 0 Å². The Morgan fingerprint density at radius 2 is 2.06 bits per heavy atom. The van der Waals surface area contributed by atoms with E-state index in [0.717, 1.165) is 67.0 Å². The molecule has 0 saturated carbocycles. The summed E-state index contributed by atoms with van der Waals surface area (Å²) in [5.74, 6) is 1.37. The second-order valence-electron chi connectivity index (χ2n) is 9.04. The van der Waals surface area contributed by atoms with E-state index in [1.54, 1.807) is 18.3 Å². The molecule has 0 radical (unpaired) electrons. The van der Waals surface area contributed by atoms with Crippen molar-refractivity contribution in [2.24, 2.45) is 0 Å². The standard InChI is InChI=1S/C25H29FN6O/c1-16-20-9-6-11-31(15-18-7-5-8-19(26)13-18)24(20)29-23(28-16)22-10-3-4-12-32(22)25(33)21-14-27-30-17(21)2/h5,7-8,13-14,22H,3-4,6,9-12,15H2,1-2H3,(H,27,30)/t22-/m1/s1. The van der Waals surface area contributed by atoms with Crippen molar-refractivity contribution in [1.29, 1.82) is 0 Å². The Hall–Kier alpha value is -3.29. The third-order valence-electron chi connectivity index (χ3n) is 6.75. The minimum atomic E-state index is -0.227. The third-order valence-corrected chi connectivity index (χ3v) is 6.75. The molecule has 0 unspecified atom stereocenters. The molecule has 0 bridgehead atoms. The number of aromatic amines is 1. The highest BCUT2D eigenvalue weighted by Crippen LogP contribution is 2.35. The molecule has 2 aliphatic heterocycles. The number of likely N-dealkylation sites (tertiary alicyclic amines) is 1. The number of nitrogens with zero attached hydrogens (tertiary/aromatic N) is 5. The predicted molar refractivity (Wildman–Crippen MR) is 123 cm³/mol. The van der Waals surface area contributed by atoms with E-state index in [1.165, 1.54) is 6.07 Å². The Labute approximate surface area is 193 Å². The van der Waals surface area contributed by atoms with E-state index < -0.39 is 0 Å². The maximum atomic E-state index is 13.8. The first-order chi connectivity index (χ1) is 16.0. The van der Waals surface area contributed by atoms with Crippen LogP contribution in [-0.4, -0.2) is 44.1 Å². The van der Waals surface area contributed by atoms with Crippen LogP contribution in [0.25, 0.3) is 0 Å². The highest BCUT2D eigenvalue weighted by atomic mass is 19.1. The average Bonchev–Trinajstić information content (AvgIpc) is 3.25. The first-order valence-corrected chi connectivity index (χ1v) is 11.7. The molecule has 33 heavy (non-hydrogen) atoms. The lowest BCUT2D eigenvalue weighted by molar-refractivity contribution is 0.0599. The number of nitrogens with one attached hydrogen (secondary N) is 1. The lowest BCUT2D eigenvalue weighted by Crippen LogP contribution is -2.40. The lowest BCUT2D eigenvalue weighted by Gasteiger charge is -2.36. The Morgan fingerprint density at radius 3 is 2.85 bits per heavy atom. The fraction of sp³-hybridized carbons (Fsp3) is 0.440. The van der Waals surface area contributed by atoms with Crippen molar-refractivity contribution in [2.75, 3.05) is 18.0 Å². The molecule has 7 nitrogen and oxygen atoms in total. The molecule has 1 fully saturated rings. The summed E-state index contributed by atoms with van der Waals surface area (Å²) < 4.78 is 13.8. The summed E-state index contributed by atoms with van der Waals surface area (Å²) in [6.07, 6.45) is 6.39. The van der Waals surface area contributed by atoms with Crippen LogP contribution in [0.2, 0.25) is 0 Å². The number of rotatable bonds is 4. The SMILES string of the molecule is Cc1nc([C@H]2CCCCN2C(=O)c2cn[nH]c2C)nc2c1CCCN2Cc1cccc(F)c1. The molecular formula is C25H29FN6O. The largest absolute Gasteiger partial charge is 0.352 e. The van der Waals surface area contributed by atoms with Crippen LogP contribution < -0.4 is 4.90 Å². The van der Waals surface area contributed by atoms with E-state index >= 15 is 0 Å². The van der Waals surface area contributed by atoms with Gasteiger partial charge in [0, 0.05) is 36.6 Å². The second kappa shape index (κ2) is 8.92. The van der Waals surface area contributed by atoms with E-state index in [0.29, 0.717) is 24.5 Å². The summed E-state index contributed by atoms with van der Waals surface area (Å²) in [6.45, 7) is 6.04. The van der Waals surface area contributed by atoms with Gasteiger partial charge in [0.15, 0.2) is 5.82 Å². The number of piperidine rings is 1. The minimum Gasteiger partial charge on any atom is -0.352 e. The monoisotopic (exact) mass is 448 g/mol. The molecule has 1 aromatic carbocycles. The third kappa shape index (κ3) is 4.21. The van der Waals surface area contributed by atoms with Gasteiger partial charge < -0.3 is 9.80 Å². The highest BCUT2D eigenvalue weighted by molar-refractivity contribution is 5.95. The van der Waals surface area contributed by atoms with E-state index in [2.05, 4.69) is 15.1 Å². The zero-order chi connectivity index (χ0) is 22.9. The van der Waals surface area contributed by atoms with Gasteiger partial charge >= 0.3 is 0 Å². The number of hydrogen-bond acceptors (Lipinski definition) is 5. The Balaban J connectivity index is 1.49. The molecular weight excluding hydrogens is 419 g/mol. The Bertz CT molecular complexity index is 1180. The zero-order valence-corrected chi connectivity index (χ0v) is 19.1.